The highest BCUT2D eigenvalue weighted by atomic mass is 16.2. The molecule has 1 aliphatic rings. The van der Waals surface area contributed by atoms with E-state index in [0.717, 1.165) is 16.9 Å². The molecule has 4 rings (SSSR count). The van der Waals surface area contributed by atoms with Gasteiger partial charge in [0.25, 0.3) is 5.91 Å². The molecule has 3 aromatic rings. The molecule has 1 fully saturated rings. The summed E-state index contributed by atoms with van der Waals surface area (Å²) in [4.78, 5) is 36.6. The van der Waals surface area contributed by atoms with Crippen LogP contribution in [0.2, 0.25) is 0 Å². The molecule has 1 aromatic heterocycles. The van der Waals surface area contributed by atoms with Crippen molar-refractivity contribution < 1.29 is 9.59 Å². The summed E-state index contributed by atoms with van der Waals surface area (Å²) >= 11 is 0. The minimum atomic E-state index is -0.0210. The fraction of sp³-hybridized carbons (Fsp3) is 0.217. The SMILES string of the molecule is Bc1ccc(-c2ccnc(Nc3ccc(C(=O)N4CCN(C(C)=O)CC4)cc3)n2)cc1. The van der Waals surface area contributed by atoms with E-state index in [1.807, 2.05) is 30.3 Å². The molecule has 31 heavy (non-hydrogen) atoms. The van der Waals surface area contributed by atoms with Crippen LogP contribution in [-0.2, 0) is 4.79 Å². The van der Waals surface area contributed by atoms with Gasteiger partial charge in [-0.2, -0.15) is 0 Å². The second-order valence-corrected chi connectivity index (χ2v) is 7.63. The molecule has 0 aliphatic carbocycles. The van der Waals surface area contributed by atoms with Crippen LogP contribution in [0.3, 0.4) is 0 Å². The van der Waals surface area contributed by atoms with Crippen LogP contribution in [0, 0.1) is 0 Å². The highest BCUT2D eigenvalue weighted by Gasteiger charge is 2.23. The van der Waals surface area contributed by atoms with Gasteiger partial charge in [-0.15, -0.1) is 0 Å². The van der Waals surface area contributed by atoms with E-state index >= 15 is 0 Å². The maximum Gasteiger partial charge on any atom is 0.253 e. The van der Waals surface area contributed by atoms with Crippen LogP contribution < -0.4 is 10.8 Å². The van der Waals surface area contributed by atoms with Crippen molar-refractivity contribution >= 4 is 36.8 Å². The monoisotopic (exact) mass is 413 g/mol. The lowest BCUT2D eigenvalue weighted by Crippen LogP contribution is -2.50. The molecule has 1 aliphatic heterocycles. The third-order valence-corrected chi connectivity index (χ3v) is 5.40. The number of hydrogen-bond donors (Lipinski definition) is 1. The highest BCUT2D eigenvalue weighted by Crippen LogP contribution is 2.20. The number of carbonyl (C=O) groups excluding carboxylic acids is 2. The molecule has 2 amide bonds. The van der Waals surface area contributed by atoms with Crippen molar-refractivity contribution in [3.05, 3.63) is 66.4 Å². The average Bonchev–Trinajstić information content (AvgIpc) is 2.80. The molecule has 2 heterocycles. The van der Waals surface area contributed by atoms with Crippen molar-refractivity contribution in [2.24, 2.45) is 0 Å². The Morgan fingerprint density at radius 2 is 1.55 bits per heavy atom. The van der Waals surface area contributed by atoms with E-state index in [2.05, 4.69) is 35.3 Å². The molecule has 0 atom stereocenters. The lowest BCUT2D eigenvalue weighted by molar-refractivity contribution is -0.130. The van der Waals surface area contributed by atoms with E-state index in [0.29, 0.717) is 37.7 Å². The zero-order valence-electron chi connectivity index (χ0n) is 17.7. The predicted molar refractivity (Wildman–Crippen MR) is 124 cm³/mol. The molecule has 0 radical (unpaired) electrons. The number of benzene rings is 2. The van der Waals surface area contributed by atoms with Crippen LogP contribution in [0.4, 0.5) is 11.6 Å². The van der Waals surface area contributed by atoms with Gasteiger partial charge in [0, 0.05) is 56.1 Å². The minimum Gasteiger partial charge on any atom is -0.339 e. The van der Waals surface area contributed by atoms with E-state index in [1.54, 1.807) is 35.1 Å². The summed E-state index contributed by atoms with van der Waals surface area (Å²) < 4.78 is 0. The summed E-state index contributed by atoms with van der Waals surface area (Å²) in [5, 5.41) is 3.20. The normalized spacial score (nSPS) is 13.7. The largest absolute Gasteiger partial charge is 0.339 e. The number of anilines is 2. The molecule has 0 bridgehead atoms. The van der Waals surface area contributed by atoms with Gasteiger partial charge in [0.15, 0.2) is 0 Å². The number of piperazine rings is 1. The van der Waals surface area contributed by atoms with Crippen LogP contribution in [-0.4, -0.2) is 65.6 Å². The molecule has 0 spiro atoms. The average molecular weight is 413 g/mol. The third kappa shape index (κ3) is 4.91. The Morgan fingerprint density at radius 1 is 0.903 bits per heavy atom. The Morgan fingerprint density at radius 3 is 2.19 bits per heavy atom. The number of carbonyl (C=O) groups is 2. The first kappa shape index (κ1) is 20.6. The maximum atomic E-state index is 12.7. The highest BCUT2D eigenvalue weighted by molar-refractivity contribution is 6.32. The van der Waals surface area contributed by atoms with Crippen LogP contribution in [0.25, 0.3) is 11.3 Å². The van der Waals surface area contributed by atoms with Gasteiger partial charge in [0.05, 0.1) is 5.69 Å². The fourth-order valence-electron chi connectivity index (χ4n) is 3.54. The summed E-state index contributed by atoms with van der Waals surface area (Å²) in [6.07, 6.45) is 1.73. The summed E-state index contributed by atoms with van der Waals surface area (Å²) in [7, 11) is 2.05. The van der Waals surface area contributed by atoms with Gasteiger partial charge in [-0.25, -0.2) is 9.97 Å². The molecular weight excluding hydrogens is 389 g/mol. The van der Waals surface area contributed by atoms with E-state index < -0.39 is 0 Å². The van der Waals surface area contributed by atoms with Gasteiger partial charge >= 0.3 is 0 Å². The Balaban J connectivity index is 1.41. The van der Waals surface area contributed by atoms with Crippen molar-refractivity contribution in [2.75, 3.05) is 31.5 Å². The fourth-order valence-corrected chi connectivity index (χ4v) is 3.54. The van der Waals surface area contributed by atoms with Gasteiger partial charge in [0.1, 0.15) is 7.85 Å². The van der Waals surface area contributed by atoms with Gasteiger partial charge in [0.2, 0.25) is 11.9 Å². The first-order valence-corrected chi connectivity index (χ1v) is 10.3. The van der Waals surface area contributed by atoms with Crippen LogP contribution >= 0.6 is 0 Å². The lowest BCUT2D eigenvalue weighted by atomic mass is 9.95. The third-order valence-electron chi connectivity index (χ3n) is 5.40. The number of rotatable bonds is 4. The summed E-state index contributed by atoms with van der Waals surface area (Å²) in [5.41, 5.74) is 4.50. The van der Waals surface area contributed by atoms with Crippen LogP contribution in [0.5, 0.6) is 0 Å². The molecule has 8 heteroatoms. The topological polar surface area (TPSA) is 78.4 Å². The van der Waals surface area contributed by atoms with Crippen molar-refractivity contribution in [3.63, 3.8) is 0 Å². The second-order valence-electron chi connectivity index (χ2n) is 7.63. The molecule has 0 saturated carbocycles. The predicted octanol–water partition coefficient (Wildman–Crippen LogP) is 1.45. The number of hydrogen-bond acceptors (Lipinski definition) is 5. The van der Waals surface area contributed by atoms with Gasteiger partial charge in [-0.3, -0.25) is 9.59 Å². The summed E-state index contributed by atoms with van der Waals surface area (Å²) in [6, 6.07) is 17.4. The molecule has 1 N–H and O–H groups in total. The van der Waals surface area contributed by atoms with Gasteiger partial charge in [-0.05, 0) is 30.3 Å². The van der Waals surface area contributed by atoms with E-state index in [1.165, 1.54) is 5.46 Å². The Hall–Kier alpha value is -3.68. The maximum absolute atomic E-state index is 12.7. The van der Waals surface area contributed by atoms with E-state index in [-0.39, 0.29) is 11.8 Å². The molecule has 7 nitrogen and oxygen atoms in total. The van der Waals surface area contributed by atoms with Crippen LogP contribution in [0.15, 0.2) is 60.8 Å². The lowest BCUT2D eigenvalue weighted by Gasteiger charge is -2.34. The van der Waals surface area contributed by atoms with Crippen molar-refractivity contribution in [2.45, 2.75) is 6.92 Å². The Kier molecular flexibility index (Phi) is 5.97. The van der Waals surface area contributed by atoms with E-state index in [4.69, 9.17) is 0 Å². The number of amides is 2. The smallest absolute Gasteiger partial charge is 0.253 e. The zero-order chi connectivity index (χ0) is 21.8. The summed E-state index contributed by atoms with van der Waals surface area (Å²) in [5.74, 6) is 0.529. The molecule has 1 saturated heterocycles. The first-order chi connectivity index (χ1) is 15.0. The van der Waals surface area contributed by atoms with Gasteiger partial charge < -0.3 is 15.1 Å². The minimum absolute atomic E-state index is 0.0210. The number of aromatic nitrogens is 2. The van der Waals surface area contributed by atoms with Crippen LogP contribution in [0.1, 0.15) is 17.3 Å². The van der Waals surface area contributed by atoms with Gasteiger partial charge in [-0.1, -0.05) is 29.7 Å². The quantitative estimate of drug-likeness (QED) is 0.656. The molecule has 156 valence electrons. The van der Waals surface area contributed by atoms with E-state index in [9.17, 15) is 9.59 Å². The zero-order valence-corrected chi connectivity index (χ0v) is 17.7. The second kappa shape index (κ2) is 8.99. The molecule has 0 unspecified atom stereocenters. The molecule has 2 aromatic carbocycles. The standard InChI is InChI=1S/C23H24BN5O2/c1-16(30)28-12-14-29(15-13-28)22(31)18-4-8-20(9-5-18)26-23-25-11-10-21(27-23)17-2-6-19(24)7-3-17/h2-11H,12-15,24H2,1H3,(H,25,26,27). The van der Waals surface area contributed by atoms with Crippen molar-refractivity contribution in [1.82, 2.24) is 19.8 Å². The Bertz CT molecular complexity index is 1080. The number of nitrogens with zero attached hydrogens (tertiary/aromatic N) is 4. The molecular formula is C23H24BN5O2. The Labute approximate surface area is 182 Å². The number of nitrogens with one attached hydrogen (secondary N) is 1. The van der Waals surface area contributed by atoms with Crippen molar-refractivity contribution in [3.8, 4) is 11.3 Å². The van der Waals surface area contributed by atoms with Crippen molar-refractivity contribution in [1.29, 1.82) is 0 Å². The summed E-state index contributed by atoms with van der Waals surface area (Å²) in [6.45, 7) is 3.82. The first-order valence-electron chi connectivity index (χ1n) is 10.3.